The fourth-order valence-electron chi connectivity index (χ4n) is 4.58. The van der Waals surface area contributed by atoms with Crippen molar-refractivity contribution in [3.63, 3.8) is 0 Å². The van der Waals surface area contributed by atoms with E-state index in [1.54, 1.807) is 6.07 Å². The highest BCUT2D eigenvalue weighted by Gasteiger charge is 2.43. The summed E-state index contributed by atoms with van der Waals surface area (Å²) in [4.78, 5) is 27.1. The zero-order valence-corrected chi connectivity index (χ0v) is 16.4. The molecule has 0 amide bonds. The molecule has 0 unspecified atom stereocenters. The molecule has 7 heteroatoms. The number of nitrogens with zero attached hydrogens (tertiary/aromatic N) is 3. The van der Waals surface area contributed by atoms with Crippen molar-refractivity contribution in [3.8, 4) is 11.5 Å². The molecule has 1 saturated heterocycles. The van der Waals surface area contributed by atoms with Crippen LogP contribution in [0.4, 0.5) is 5.82 Å². The normalized spacial score (nSPS) is 19.2. The van der Waals surface area contributed by atoms with Crippen molar-refractivity contribution < 1.29 is 14.3 Å². The maximum atomic E-state index is 12.6. The Morgan fingerprint density at radius 2 is 1.90 bits per heavy atom. The fraction of sp³-hybridized carbons (Fsp3) is 0.500. The average molecular weight is 395 g/mol. The summed E-state index contributed by atoms with van der Waals surface area (Å²) in [5.41, 5.74) is 1.05. The van der Waals surface area contributed by atoms with E-state index in [1.807, 2.05) is 18.2 Å². The number of aromatic nitrogens is 2. The molecule has 1 aromatic carbocycles. The molecule has 0 atom stereocenters. The van der Waals surface area contributed by atoms with E-state index < -0.39 is 0 Å². The molecule has 0 N–H and O–H groups in total. The number of Topliss-reactive ketones (excluding diaryl/α,β-unsaturated/α-hetero) is 1. The lowest BCUT2D eigenvalue weighted by atomic mass is 9.68. The van der Waals surface area contributed by atoms with E-state index in [0.717, 1.165) is 24.5 Å². The van der Waals surface area contributed by atoms with E-state index in [-0.39, 0.29) is 24.3 Å². The van der Waals surface area contributed by atoms with Gasteiger partial charge in [-0.25, -0.2) is 4.68 Å². The van der Waals surface area contributed by atoms with Crippen molar-refractivity contribution in [2.24, 2.45) is 5.41 Å². The van der Waals surface area contributed by atoms with Crippen LogP contribution in [0.15, 0.2) is 35.1 Å². The molecular formula is C22H25N3O4. The molecule has 1 aromatic heterocycles. The molecule has 0 bridgehead atoms. The zero-order valence-electron chi connectivity index (χ0n) is 16.4. The summed E-state index contributed by atoms with van der Waals surface area (Å²) in [5, 5.41) is 4.49. The first kappa shape index (κ1) is 18.2. The van der Waals surface area contributed by atoms with Crippen LogP contribution in [-0.2, 0) is 17.8 Å². The number of rotatable bonds is 5. The molecule has 1 saturated carbocycles. The summed E-state index contributed by atoms with van der Waals surface area (Å²) in [6.07, 6.45) is 5.31. The van der Waals surface area contributed by atoms with Crippen LogP contribution in [0.5, 0.6) is 11.5 Å². The highest BCUT2D eigenvalue weighted by Crippen LogP contribution is 2.48. The van der Waals surface area contributed by atoms with Crippen LogP contribution < -0.4 is 19.9 Å². The Kier molecular flexibility index (Phi) is 4.53. The Bertz CT molecular complexity index is 996. The summed E-state index contributed by atoms with van der Waals surface area (Å²) in [7, 11) is 0. The molecule has 152 valence electrons. The van der Waals surface area contributed by atoms with E-state index in [9.17, 15) is 9.59 Å². The number of hydrogen-bond acceptors (Lipinski definition) is 6. The van der Waals surface area contributed by atoms with Crippen LogP contribution >= 0.6 is 0 Å². The lowest BCUT2D eigenvalue weighted by Gasteiger charge is -2.38. The van der Waals surface area contributed by atoms with Crippen LogP contribution in [-0.4, -0.2) is 41.9 Å². The minimum Gasteiger partial charge on any atom is -0.486 e. The first-order valence-electron chi connectivity index (χ1n) is 10.3. The highest BCUT2D eigenvalue weighted by atomic mass is 16.6. The van der Waals surface area contributed by atoms with Gasteiger partial charge >= 0.3 is 0 Å². The van der Waals surface area contributed by atoms with Crippen molar-refractivity contribution in [3.05, 3.63) is 46.2 Å². The van der Waals surface area contributed by atoms with E-state index >= 15 is 0 Å². The third kappa shape index (κ3) is 3.61. The van der Waals surface area contributed by atoms with E-state index in [4.69, 9.17) is 9.47 Å². The Balaban J connectivity index is 1.27. The van der Waals surface area contributed by atoms with Gasteiger partial charge in [-0.05, 0) is 48.4 Å². The number of carbonyl (C=O) groups is 1. The van der Waals surface area contributed by atoms with Gasteiger partial charge in [-0.3, -0.25) is 9.59 Å². The lowest BCUT2D eigenvalue weighted by Crippen LogP contribution is -2.34. The first-order valence-corrected chi connectivity index (χ1v) is 10.3. The quantitative estimate of drug-likeness (QED) is 0.773. The Labute approximate surface area is 169 Å². The number of hydrogen-bond donors (Lipinski definition) is 0. The Morgan fingerprint density at radius 3 is 2.66 bits per heavy atom. The number of ether oxygens (including phenoxy) is 2. The van der Waals surface area contributed by atoms with Crippen LogP contribution in [0.25, 0.3) is 0 Å². The van der Waals surface area contributed by atoms with Crippen molar-refractivity contribution in [2.75, 3.05) is 31.2 Å². The molecule has 3 heterocycles. The summed E-state index contributed by atoms with van der Waals surface area (Å²) < 4.78 is 12.4. The third-order valence-electron chi connectivity index (χ3n) is 6.36. The average Bonchev–Trinajstić information content (AvgIpc) is 3.16. The number of ketones is 1. The van der Waals surface area contributed by atoms with Gasteiger partial charge in [0.15, 0.2) is 17.3 Å². The molecule has 1 spiro atoms. The van der Waals surface area contributed by atoms with Crippen LogP contribution in [0, 0.1) is 5.41 Å². The molecule has 2 fully saturated rings. The van der Waals surface area contributed by atoms with Crippen LogP contribution in [0.2, 0.25) is 0 Å². The smallest absolute Gasteiger partial charge is 0.267 e. The van der Waals surface area contributed by atoms with Crippen LogP contribution in [0.3, 0.4) is 0 Å². The second-order valence-corrected chi connectivity index (χ2v) is 8.41. The van der Waals surface area contributed by atoms with Gasteiger partial charge in [0.25, 0.3) is 5.56 Å². The van der Waals surface area contributed by atoms with Gasteiger partial charge in [0.2, 0.25) is 0 Å². The lowest BCUT2D eigenvalue weighted by molar-refractivity contribution is -0.119. The van der Waals surface area contributed by atoms with Gasteiger partial charge in [0, 0.05) is 25.6 Å². The fourth-order valence-corrected chi connectivity index (χ4v) is 4.58. The second-order valence-electron chi connectivity index (χ2n) is 8.41. The third-order valence-corrected chi connectivity index (χ3v) is 6.36. The number of carbonyl (C=O) groups excluding carboxylic acids is 1. The topological polar surface area (TPSA) is 73.7 Å². The molecule has 29 heavy (non-hydrogen) atoms. The molecule has 2 aromatic rings. The standard InChI is InChI=1S/C22H25N3O4/c26-17(12-16-2-3-18-19(13-16)29-11-10-28-18)14-25-21(27)5-4-20(23-25)24-9-8-22(15-24)6-1-7-22/h2-5,13H,1,6-12,14-15H2. The maximum Gasteiger partial charge on any atom is 0.267 e. The molecule has 3 aliphatic rings. The molecule has 0 radical (unpaired) electrons. The number of fused-ring (bicyclic) bond motifs is 1. The van der Waals surface area contributed by atoms with E-state index in [2.05, 4.69) is 10.00 Å². The predicted molar refractivity (Wildman–Crippen MR) is 108 cm³/mol. The molecule has 1 aliphatic carbocycles. The predicted octanol–water partition coefficient (Wildman–Crippen LogP) is 2.21. The minimum absolute atomic E-state index is 0.0277. The van der Waals surface area contributed by atoms with Gasteiger partial charge in [0.05, 0.1) is 0 Å². The van der Waals surface area contributed by atoms with Gasteiger partial charge in [-0.2, -0.15) is 5.10 Å². The number of benzene rings is 1. The van der Waals surface area contributed by atoms with Gasteiger partial charge < -0.3 is 14.4 Å². The van der Waals surface area contributed by atoms with Crippen molar-refractivity contribution >= 4 is 11.6 Å². The summed E-state index contributed by atoms with van der Waals surface area (Å²) in [6.45, 7) is 2.99. The molecular weight excluding hydrogens is 370 g/mol. The first-order chi connectivity index (χ1) is 14.1. The van der Waals surface area contributed by atoms with Gasteiger partial charge in [-0.15, -0.1) is 0 Å². The largest absolute Gasteiger partial charge is 0.486 e. The Morgan fingerprint density at radius 1 is 1.07 bits per heavy atom. The summed E-state index contributed by atoms with van der Waals surface area (Å²) in [5.74, 6) is 2.09. The SMILES string of the molecule is O=C(Cc1ccc2c(c1)OCCO2)Cn1nc(N2CCC3(CCC3)C2)ccc1=O. The monoisotopic (exact) mass is 395 g/mol. The second kappa shape index (κ2) is 7.21. The maximum absolute atomic E-state index is 12.6. The van der Waals surface area contributed by atoms with Crippen LogP contribution in [0.1, 0.15) is 31.2 Å². The molecule has 5 rings (SSSR count). The summed E-state index contributed by atoms with van der Waals surface area (Å²) in [6, 6.07) is 8.82. The number of anilines is 1. The molecule has 7 nitrogen and oxygen atoms in total. The van der Waals surface area contributed by atoms with Crippen molar-refractivity contribution in [1.82, 2.24) is 9.78 Å². The zero-order chi connectivity index (χ0) is 19.8. The van der Waals surface area contributed by atoms with Crippen molar-refractivity contribution in [2.45, 2.75) is 38.6 Å². The minimum atomic E-state index is -0.248. The summed E-state index contributed by atoms with van der Waals surface area (Å²) >= 11 is 0. The Hall–Kier alpha value is -2.83. The highest BCUT2D eigenvalue weighted by molar-refractivity contribution is 5.80. The molecule has 2 aliphatic heterocycles. The van der Waals surface area contributed by atoms with E-state index in [0.29, 0.717) is 30.1 Å². The van der Waals surface area contributed by atoms with E-state index in [1.165, 1.54) is 36.4 Å². The van der Waals surface area contributed by atoms with Crippen molar-refractivity contribution in [1.29, 1.82) is 0 Å². The van der Waals surface area contributed by atoms with Gasteiger partial charge in [0.1, 0.15) is 25.6 Å². The van der Waals surface area contributed by atoms with Gasteiger partial charge in [-0.1, -0.05) is 12.5 Å².